The summed E-state index contributed by atoms with van der Waals surface area (Å²) in [4.78, 5) is 13.6. The SMILES string of the molecule is CN(C(=O)Nc1cccs1)[C@@H]1CCC[C@H]1S(C)(=O)=O. The Morgan fingerprint density at radius 3 is 2.79 bits per heavy atom. The lowest BCUT2D eigenvalue weighted by Crippen LogP contribution is -2.46. The highest BCUT2D eigenvalue weighted by atomic mass is 32.2. The summed E-state index contributed by atoms with van der Waals surface area (Å²) in [5.74, 6) is 0. The zero-order chi connectivity index (χ0) is 14.0. The number of carbonyl (C=O) groups is 1. The van der Waals surface area contributed by atoms with Crippen molar-refractivity contribution in [2.24, 2.45) is 0 Å². The van der Waals surface area contributed by atoms with Gasteiger partial charge in [0.25, 0.3) is 0 Å². The molecule has 0 aromatic carbocycles. The van der Waals surface area contributed by atoms with Gasteiger partial charge >= 0.3 is 6.03 Å². The van der Waals surface area contributed by atoms with Crippen LogP contribution in [0.25, 0.3) is 0 Å². The molecule has 1 heterocycles. The predicted octanol–water partition coefficient (Wildman–Crippen LogP) is 2.18. The molecule has 1 fully saturated rings. The molecule has 1 aliphatic rings. The highest BCUT2D eigenvalue weighted by molar-refractivity contribution is 7.91. The molecule has 7 heteroatoms. The van der Waals surface area contributed by atoms with Crippen molar-refractivity contribution in [1.82, 2.24) is 4.90 Å². The number of rotatable bonds is 3. The standard InChI is InChI=1S/C12H18N2O3S2/c1-14(12(15)13-11-7-4-8-18-11)9-5-3-6-10(9)19(2,16)17/h4,7-10H,3,5-6H2,1-2H3,(H,13,15)/t9-,10-/m1/s1. The summed E-state index contributed by atoms with van der Waals surface area (Å²) < 4.78 is 23.5. The fraction of sp³-hybridized carbons (Fsp3) is 0.583. The van der Waals surface area contributed by atoms with Crippen molar-refractivity contribution in [3.63, 3.8) is 0 Å². The summed E-state index contributed by atoms with van der Waals surface area (Å²) >= 11 is 1.44. The summed E-state index contributed by atoms with van der Waals surface area (Å²) in [6.45, 7) is 0. The highest BCUT2D eigenvalue weighted by Crippen LogP contribution is 2.29. The third-order valence-corrected chi connectivity index (χ3v) is 5.97. The molecule has 2 rings (SSSR count). The van der Waals surface area contributed by atoms with Gasteiger partial charge in [0, 0.05) is 19.3 Å². The molecule has 1 aromatic heterocycles. The molecule has 0 unspecified atom stereocenters. The number of thiophene rings is 1. The Balaban J connectivity index is 2.06. The zero-order valence-electron chi connectivity index (χ0n) is 11.0. The molecule has 106 valence electrons. The number of nitrogens with one attached hydrogen (secondary N) is 1. The molecule has 2 atom stereocenters. The Morgan fingerprint density at radius 1 is 1.47 bits per heavy atom. The van der Waals surface area contributed by atoms with Crippen LogP contribution in [0.1, 0.15) is 19.3 Å². The van der Waals surface area contributed by atoms with E-state index in [-0.39, 0.29) is 12.1 Å². The van der Waals surface area contributed by atoms with Gasteiger partial charge in [0.1, 0.15) is 0 Å². The van der Waals surface area contributed by atoms with E-state index in [1.165, 1.54) is 22.5 Å². The first-order valence-corrected chi connectivity index (χ1v) is 8.99. The highest BCUT2D eigenvalue weighted by Gasteiger charge is 2.38. The molecule has 19 heavy (non-hydrogen) atoms. The van der Waals surface area contributed by atoms with Crippen LogP contribution in [0, 0.1) is 0 Å². The van der Waals surface area contributed by atoms with Gasteiger partial charge in [-0.2, -0.15) is 0 Å². The second kappa shape index (κ2) is 5.50. The topological polar surface area (TPSA) is 66.5 Å². The largest absolute Gasteiger partial charge is 0.323 e. The molecule has 1 aliphatic carbocycles. The van der Waals surface area contributed by atoms with Crippen LogP contribution in [0.5, 0.6) is 0 Å². The molecule has 1 aromatic rings. The Kier molecular flexibility index (Phi) is 4.15. The molecular formula is C12H18N2O3S2. The van der Waals surface area contributed by atoms with Crippen molar-refractivity contribution >= 4 is 32.2 Å². The molecule has 1 saturated carbocycles. The van der Waals surface area contributed by atoms with E-state index < -0.39 is 15.1 Å². The van der Waals surface area contributed by atoms with Gasteiger partial charge in [0.15, 0.2) is 9.84 Å². The van der Waals surface area contributed by atoms with Gasteiger partial charge in [0.2, 0.25) is 0 Å². The summed E-state index contributed by atoms with van der Waals surface area (Å²) in [6.07, 6.45) is 3.48. The van der Waals surface area contributed by atoms with E-state index in [0.29, 0.717) is 6.42 Å². The average molecular weight is 302 g/mol. The minimum Gasteiger partial charge on any atom is -0.323 e. The maximum atomic E-state index is 12.1. The van der Waals surface area contributed by atoms with E-state index in [1.54, 1.807) is 7.05 Å². The Morgan fingerprint density at radius 2 is 2.21 bits per heavy atom. The van der Waals surface area contributed by atoms with Crippen molar-refractivity contribution in [3.05, 3.63) is 17.5 Å². The molecule has 1 N–H and O–H groups in total. The van der Waals surface area contributed by atoms with Crippen LogP contribution in [0.3, 0.4) is 0 Å². The van der Waals surface area contributed by atoms with E-state index in [1.807, 2.05) is 17.5 Å². The summed E-state index contributed by atoms with van der Waals surface area (Å²) in [5.41, 5.74) is 0. The molecule has 0 radical (unpaired) electrons. The Hall–Kier alpha value is -1.08. The minimum atomic E-state index is -3.11. The molecule has 0 aliphatic heterocycles. The fourth-order valence-electron chi connectivity index (χ4n) is 2.54. The average Bonchev–Trinajstić information content (AvgIpc) is 2.96. The van der Waals surface area contributed by atoms with Crippen LogP contribution in [0.2, 0.25) is 0 Å². The van der Waals surface area contributed by atoms with Crippen molar-refractivity contribution < 1.29 is 13.2 Å². The van der Waals surface area contributed by atoms with Gasteiger partial charge in [-0.15, -0.1) is 11.3 Å². The minimum absolute atomic E-state index is 0.227. The number of sulfone groups is 1. The van der Waals surface area contributed by atoms with E-state index in [9.17, 15) is 13.2 Å². The molecule has 0 bridgehead atoms. The molecule has 0 spiro atoms. The molecular weight excluding hydrogens is 284 g/mol. The zero-order valence-corrected chi connectivity index (χ0v) is 12.6. The number of hydrogen-bond acceptors (Lipinski definition) is 4. The molecule has 0 saturated heterocycles. The lowest BCUT2D eigenvalue weighted by Gasteiger charge is -2.28. The predicted molar refractivity (Wildman–Crippen MR) is 77.4 cm³/mol. The Bertz CT molecular complexity index is 539. The first-order chi connectivity index (χ1) is 8.89. The van der Waals surface area contributed by atoms with Gasteiger partial charge < -0.3 is 4.90 Å². The quantitative estimate of drug-likeness (QED) is 0.930. The third-order valence-electron chi connectivity index (χ3n) is 3.54. The number of amides is 2. The van der Waals surface area contributed by atoms with Crippen molar-refractivity contribution in [2.75, 3.05) is 18.6 Å². The normalized spacial score (nSPS) is 23.3. The van der Waals surface area contributed by atoms with Gasteiger partial charge in [-0.05, 0) is 36.8 Å². The summed E-state index contributed by atoms with van der Waals surface area (Å²) in [5, 5.41) is 4.99. The van der Waals surface area contributed by atoms with Crippen molar-refractivity contribution in [1.29, 1.82) is 0 Å². The lowest BCUT2D eigenvalue weighted by molar-refractivity contribution is 0.205. The van der Waals surface area contributed by atoms with Crippen LogP contribution >= 0.6 is 11.3 Å². The van der Waals surface area contributed by atoms with E-state index >= 15 is 0 Å². The van der Waals surface area contributed by atoms with Crippen molar-refractivity contribution in [3.8, 4) is 0 Å². The maximum Gasteiger partial charge on any atom is 0.322 e. The van der Waals surface area contributed by atoms with Crippen LogP contribution < -0.4 is 5.32 Å². The third kappa shape index (κ3) is 3.27. The number of urea groups is 1. The van der Waals surface area contributed by atoms with Gasteiger partial charge in [-0.1, -0.05) is 0 Å². The number of carbonyl (C=O) groups excluding carboxylic acids is 1. The van der Waals surface area contributed by atoms with Crippen LogP contribution in [0.4, 0.5) is 9.80 Å². The summed E-state index contributed by atoms with van der Waals surface area (Å²) in [6, 6.07) is 3.20. The summed E-state index contributed by atoms with van der Waals surface area (Å²) in [7, 11) is -1.45. The van der Waals surface area contributed by atoms with Crippen LogP contribution in [-0.4, -0.2) is 43.9 Å². The van der Waals surface area contributed by atoms with E-state index in [4.69, 9.17) is 0 Å². The second-order valence-corrected chi connectivity index (χ2v) is 8.10. The first-order valence-electron chi connectivity index (χ1n) is 6.16. The van der Waals surface area contributed by atoms with E-state index in [0.717, 1.165) is 17.8 Å². The monoisotopic (exact) mass is 302 g/mol. The van der Waals surface area contributed by atoms with Crippen molar-refractivity contribution in [2.45, 2.75) is 30.6 Å². The van der Waals surface area contributed by atoms with Gasteiger partial charge in [-0.25, -0.2) is 13.2 Å². The molecule has 5 nitrogen and oxygen atoms in total. The van der Waals surface area contributed by atoms with E-state index in [2.05, 4.69) is 5.32 Å². The Labute approximate surface area is 117 Å². The number of nitrogens with zero attached hydrogens (tertiary/aromatic N) is 1. The number of anilines is 1. The first kappa shape index (κ1) is 14.3. The second-order valence-electron chi connectivity index (χ2n) is 4.88. The van der Waals surface area contributed by atoms with Gasteiger partial charge in [-0.3, -0.25) is 5.32 Å². The van der Waals surface area contributed by atoms with Gasteiger partial charge in [0.05, 0.1) is 10.3 Å². The number of hydrogen-bond donors (Lipinski definition) is 1. The lowest BCUT2D eigenvalue weighted by atomic mass is 10.2. The fourth-order valence-corrected chi connectivity index (χ4v) is 4.63. The van der Waals surface area contributed by atoms with Crippen LogP contribution in [-0.2, 0) is 9.84 Å². The smallest absolute Gasteiger partial charge is 0.322 e. The molecule has 2 amide bonds. The maximum absolute atomic E-state index is 12.1. The van der Waals surface area contributed by atoms with Crippen LogP contribution in [0.15, 0.2) is 17.5 Å².